The van der Waals surface area contributed by atoms with Gasteiger partial charge >= 0.3 is 0 Å². The normalized spacial score (nSPS) is 11.2. The van der Waals surface area contributed by atoms with Crippen molar-refractivity contribution in [2.24, 2.45) is 0 Å². The zero-order valence-electron chi connectivity index (χ0n) is 18.0. The number of carbonyl (C=O) groups excluding carboxylic acids is 1. The molecule has 0 spiro atoms. The second kappa shape index (κ2) is 10.3. The van der Waals surface area contributed by atoms with Crippen LogP contribution in [0.3, 0.4) is 0 Å². The fraction of sp³-hybridized carbons (Fsp3) is 0.250. The van der Waals surface area contributed by atoms with Crippen molar-refractivity contribution in [2.45, 2.75) is 20.0 Å². The Balaban J connectivity index is 1.87. The van der Waals surface area contributed by atoms with Gasteiger partial charge in [0.1, 0.15) is 12.4 Å². The van der Waals surface area contributed by atoms with Gasteiger partial charge in [0.2, 0.25) is 0 Å². The van der Waals surface area contributed by atoms with E-state index in [4.69, 9.17) is 14.2 Å². The summed E-state index contributed by atoms with van der Waals surface area (Å²) in [7, 11) is 3.14. The minimum Gasteiger partial charge on any atom is -0.493 e. The Bertz CT molecular complexity index is 1090. The summed E-state index contributed by atoms with van der Waals surface area (Å²) < 4.78 is 18.0. The average Bonchev–Trinajstić information content (AvgIpc) is 3.25. The van der Waals surface area contributed by atoms with Crippen LogP contribution in [0, 0.1) is 18.8 Å². The Morgan fingerprint density at radius 1 is 1.10 bits per heavy atom. The molecule has 0 aliphatic heterocycles. The molecule has 0 aliphatic carbocycles. The number of amides is 1. The van der Waals surface area contributed by atoms with Crippen LogP contribution in [-0.4, -0.2) is 36.5 Å². The van der Waals surface area contributed by atoms with Crippen LogP contribution in [0.4, 0.5) is 5.82 Å². The molecule has 3 aromatic rings. The molecule has 0 saturated carbocycles. The highest BCUT2D eigenvalue weighted by Crippen LogP contribution is 2.30. The van der Waals surface area contributed by atoms with Gasteiger partial charge in [-0.3, -0.25) is 4.79 Å². The number of methoxy groups -OCH3 is 2. The van der Waals surface area contributed by atoms with E-state index in [1.165, 1.54) is 0 Å². The summed E-state index contributed by atoms with van der Waals surface area (Å²) in [6.07, 6.45) is 0.798. The second-order valence-electron chi connectivity index (χ2n) is 6.69. The van der Waals surface area contributed by atoms with Crippen molar-refractivity contribution in [1.82, 2.24) is 9.78 Å². The predicted octanol–water partition coefficient (Wildman–Crippen LogP) is 3.92. The molecule has 31 heavy (non-hydrogen) atoms. The Morgan fingerprint density at radius 3 is 2.52 bits per heavy atom. The monoisotopic (exact) mass is 419 g/mol. The van der Waals surface area contributed by atoms with Crippen molar-refractivity contribution < 1.29 is 19.0 Å². The molecule has 1 aromatic heterocycles. The van der Waals surface area contributed by atoms with Gasteiger partial charge in [0.15, 0.2) is 17.6 Å². The van der Waals surface area contributed by atoms with Crippen LogP contribution in [0.25, 0.3) is 5.69 Å². The van der Waals surface area contributed by atoms with Crippen LogP contribution in [0.15, 0.2) is 54.7 Å². The molecule has 2 aromatic carbocycles. The van der Waals surface area contributed by atoms with E-state index in [0.29, 0.717) is 23.0 Å². The van der Waals surface area contributed by atoms with Crippen molar-refractivity contribution in [1.29, 1.82) is 0 Å². The van der Waals surface area contributed by atoms with Gasteiger partial charge in [-0.05, 0) is 31.5 Å². The van der Waals surface area contributed by atoms with Gasteiger partial charge < -0.3 is 19.5 Å². The number of nitrogens with zero attached hydrogens (tertiary/aromatic N) is 2. The maximum atomic E-state index is 13.1. The molecule has 1 N–H and O–H groups in total. The van der Waals surface area contributed by atoms with E-state index in [-0.39, 0.29) is 12.5 Å². The van der Waals surface area contributed by atoms with Crippen LogP contribution < -0.4 is 14.8 Å². The summed E-state index contributed by atoms with van der Waals surface area (Å²) in [5, 5.41) is 7.24. The van der Waals surface area contributed by atoms with Gasteiger partial charge in [0.25, 0.3) is 5.91 Å². The number of hydrogen-bond acceptors (Lipinski definition) is 5. The summed E-state index contributed by atoms with van der Waals surface area (Å²) in [6, 6.07) is 14.8. The first kappa shape index (κ1) is 21.9. The standard InChI is InChI=1S/C24H25N3O4/c1-5-6-15-31-23(18-9-7-17(2)8-10-18)24(28)26-22-13-14-25-27(22)19-11-12-20(29-3)21(16-19)30-4/h7-14,16,23H,15H2,1-4H3,(H,26,28). The molecule has 3 rings (SSSR count). The largest absolute Gasteiger partial charge is 0.493 e. The van der Waals surface area contributed by atoms with Crippen molar-refractivity contribution in [3.8, 4) is 29.0 Å². The summed E-state index contributed by atoms with van der Waals surface area (Å²) in [5.74, 6) is 6.97. The molecule has 1 heterocycles. The van der Waals surface area contributed by atoms with E-state index in [0.717, 1.165) is 11.1 Å². The number of carbonyl (C=O) groups is 1. The Morgan fingerprint density at radius 2 is 1.84 bits per heavy atom. The quantitative estimate of drug-likeness (QED) is 0.560. The Labute approximate surface area is 181 Å². The topological polar surface area (TPSA) is 74.6 Å². The first-order valence-electron chi connectivity index (χ1n) is 9.72. The summed E-state index contributed by atoms with van der Waals surface area (Å²) in [4.78, 5) is 13.1. The van der Waals surface area contributed by atoms with E-state index >= 15 is 0 Å². The lowest BCUT2D eigenvalue weighted by Gasteiger charge is -2.18. The maximum absolute atomic E-state index is 13.1. The highest BCUT2D eigenvalue weighted by molar-refractivity contribution is 5.94. The number of hydrogen-bond donors (Lipinski definition) is 1. The van der Waals surface area contributed by atoms with Crippen LogP contribution in [0.2, 0.25) is 0 Å². The van der Waals surface area contributed by atoms with Gasteiger partial charge in [0.05, 0.1) is 26.1 Å². The lowest BCUT2D eigenvalue weighted by Crippen LogP contribution is -2.25. The predicted molar refractivity (Wildman–Crippen MR) is 119 cm³/mol. The minimum atomic E-state index is -0.810. The molecule has 0 radical (unpaired) electrons. The molecule has 1 amide bonds. The number of rotatable bonds is 8. The van der Waals surface area contributed by atoms with Gasteiger partial charge in [-0.2, -0.15) is 5.10 Å². The van der Waals surface area contributed by atoms with E-state index in [1.807, 2.05) is 37.3 Å². The van der Waals surface area contributed by atoms with E-state index < -0.39 is 6.10 Å². The van der Waals surface area contributed by atoms with Crippen molar-refractivity contribution in [2.75, 3.05) is 26.1 Å². The van der Waals surface area contributed by atoms with E-state index in [2.05, 4.69) is 22.3 Å². The number of aromatic nitrogens is 2. The van der Waals surface area contributed by atoms with Gasteiger partial charge in [-0.25, -0.2) is 4.68 Å². The Hall–Kier alpha value is -3.76. The molecular formula is C24H25N3O4. The molecule has 7 heteroatoms. The smallest absolute Gasteiger partial charge is 0.259 e. The number of nitrogens with one attached hydrogen (secondary N) is 1. The molecule has 1 atom stereocenters. The van der Waals surface area contributed by atoms with Crippen LogP contribution in [-0.2, 0) is 9.53 Å². The van der Waals surface area contributed by atoms with Crippen molar-refractivity contribution >= 4 is 11.7 Å². The highest BCUT2D eigenvalue weighted by atomic mass is 16.5. The SMILES string of the molecule is CC#CCOC(C(=O)Nc1ccnn1-c1ccc(OC)c(OC)c1)c1ccc(C)cc1. The van der Waals surface area contributed by atoms with Gasteiger partial charge in [-0.1, -0.05) is 35.7 Å². The fourth-order valence-electron chi connectivity index (χ4n) is 3.01. The molecule has 0 aliphatic rings. The highest BCUT2D eigenvalue weighted by Gasteiger charge is 2.23. The lowest BCUT2D eigenvalue weighted by molar-refractivity contribution is -0.127. The average molecular weight is 419 g/mol. The third-order valence-electron chi connectivity index (χ3n) is 4.62. The van der Waals surface area contributed by atoms with Gasteiger partial charge in [-0.15, -0.1) is 5.92 Å². The number of aryl methyl sites for hydroxylation is 1. The maximum Gasteiger partial charge on any atom is 0.259 e. The summed E-state index contributed by atoms with van der Waals surface area (Å²) >= 11 is 0. The third kappa shape index (κ3) is 5.24. The third-order valence-corrected chi connectivity index (χ3v) is 4.62. The molecule has 0 saturated heterocycles. The fourth-order valence-corrected chi connectivity index (χ4v) is 3.01. The summed E-state index contributed by atoms with van der Waals surface area (Å²) in [6.45, 7) is 3.87. The number of anilines is 1. The molecule has 7 nitrogen and oxygen atoms in total. The molecule has 160 valence electrons. The van der Waals surface area contributed by atoms with E-state index in [1.54, 1.807) is 50.2 Å². The molecule has 0 bridgehead atoms. The molecule has 1 unspecified atom stereocenters. The van der Waals surface area contributed by atoms with Gasteiger partial charge in [0, 0.05) is 12.1 Å². The minimum absolute atomic E-state index is 0.150. The first-order chi connectivity index (χ1) is 15.1. The van der Waals surface area contributed by atoms with Crippen molar-refractivity contribution in [3.05, 3.63) is 65.9 Å². The number of benzene rings is 2. The molecular weight excluding hydrogens is 394 g/mol. The van der Waals surface area contributed by atoms with Crippen LogP contribution in [0.5, 0.6) is 11.5 Å². The van der Waals surface area contributed by atoms with Crippen LogP contribution >= 0.6 is 0 Å². The number of ether oxygens (including phenoxy) is 3. The Kier molecular flexibility index (Phi) is 7.31. The lowest BCUT2D eigenvalue weighted by atomic mass is 10.1. The van der Waals surface area contributed by atoms with E-state index in [9.17, 15) is 4.79 Å². The summed E-state index contributed by atoms with van der Waals surface area (Å²) in [5.41, 5.74) is 2.56. The first-order valence-corrected chi connectivity index (χ1v) is 9.72. The zero-order valence-corrected chi connectivity index (χ0v) is 18.0. The van der Waals surface area contributed by atoms with Crippen LogP contribution in [0.1, 0.15) is 24.2 Å². The van der Waals surface area contributed by atoms with Crippen molar-refractivity contribution in [3.63, 3.8) is 0 Å². The zero-order chi connectivity index (χ0) is 22.2. The second-order valence-corrected chi connectivity index (χ2v) is 6.69. The molecule has 0 fully saturated rings.